The van der Waals surface area contributed by atoms with Gasteiger partial charge in [0.15, 0.2) is 0 Å². The number of unbranched alkanes of at least 4 members (excludes halogenated alkanes) is 1. The molecule has 1 N–H and O–H groups in total. The van der Waals surface area contributed by atoms with Gasteiger partial charge >= 0.3 is 0 Å². The Morgan fingerprint density at radius 3 is 2.00 bits per heavy atom. The molecule has 0 aliphatic heterocycles. The summed E-state index contributed by atoms with van der Waals surface area (Å²) >= 11 is 0. The average molecular weight is 271 g/mol. The van der Waals surface area contributed by atoms with Crippen LogP contribution in [0.1, 0.15) is 60.3 Å². The van der Waals surface area contributed by atoms with E-state index in [-0.39, 0.29) is 0 Å². The van der Waals surface area contributed by atoms with Crippen LogP contribution in [-0.4, -0.2) is 32.1 Å². The van der Waals surface area contributed by atoms with E-state index in [9.17, 15) is 0 Å². The zero-order chi connectivity index (χ0) is 15.3. The molecule has 0 aliphatic rings. The Balaban J connectivity index is 0. The average Bonchev–Trinajstić information content (AvgIpc) is 2.31. The van der Waals surface area contributed by atoms with E-state index < -0.39 is 0 Å². The normalized spacial score (nSPS) is 10.6. The fourth-order valence-electron chi connectivity index (χ4n) is 1.37. The Hall–Kier alpha value is -0.500. The first-order valence-corrected chi connectivity index (χ1v) is 7.85. The summed E-state index contributed by atoms with van der Waals surface area (Å²) in [7, 11) is 4.21. The first-order valence-electron chi connectivity index (χ1n) is 7.85. The van der Waals surface area contributed by atoms with E-state index in [0.29, 0.717) is 5.92 Å². The Bertz CT molecular complexity index is 181. The summed E-state index contributed by atoms with van der Waals surface area (Å²) in [6.45, 7) is 17.4. The molecule has 0 aromatic rings. The molecule has 0 amide bonds. The molecule has 0 atom stereocenters. The van der Waals surface area contributed by atoms with E-state index in [1.807, 2.05) is 0 Å². The first-order chi connectivity index (χ1) is 8.79. The molecular formula is C17H38N2. The van der Waals surface area contributed by atoms with Crippen LogP contribution in [0.2, 0.25) is 0 Å². The highest BCUT2D eigenvalue weighted by atomic mass is 15.0. The molecule has 2 nitrogen and oxygen atoms in total. The van der Waals surface area contributed by atoms with Gasteiger partial charge in [0.2, 0.25) is 0 Å². The minimum atomic E-state index is 0.709. The monoisotopic (exact) mass is 270 g/mol. The van der Waals surface area contributed by atoms with Gasteiger partial charge in [-0.05, 0) is 51.7 Å². The summed E-state index contributed by atoms with van der Waals surface area (Å²) < 4.78 is 0. The smallest absolute Gasteiger partial charge is 0.0166 e. The second-order valence-electron chi connectivity index (χ2n) is 6.47. The standard InChI is InChI=1S/C11H23N.C6H15N/c1-9(2)6-7-11(5)12-8-10(3)4;1-4-5-6-7(2)3/h9-10,12H,5-8H2,1-4H3;4-6H2,1-3H3. The SMILES string of the molecule is C=C(CCC(C)C)NCC(C)C.CCCCN(C)C. The number of allylic oxidation sites excluding steroid dienone is 1. The molecule has 0 saturated heterocycles. The van der Waals surface area contributed by atoms with Crippen molar-refractivity contribution in [3.8, 4) is 0 Å². The van der Waals surface area contributed by atoms with Crippen molar-refractivity contribution >= 4 is 0 Å². The van der Waals surface area contributed by atoms with Gasteiger partial charge in [0.05, 0.1) is 0 Å². The Kier molecular flexibility index (Phi) is 15.2. The highest BCUT2D eigenvalue weighted by Gasteiger charge is 1.98. The predicted octanol–water partition coefficient (Wildman–Crippen LogP) is 4.53. The van der Waals surface area contributed by atoms with Crippen molar-refractivity contribution < 1.29 is 0 Å². The third kappa shape index (κ3) is 23.1. The summed E-state index contributed by atoms with van der Waals surface area (Å²) in [5, 5.41) is 3.34. The highest BCUT2D eigenvalue weighted by molar-refractivity contribution is 4.90. The molecule has 0 bridgehead atoms. The molecule has 0 heterocycles. The van der Waals surface area contributed by atoms with Gasteiger partial charge in [-0.3, -0.25) is 0 Å². The molecular weight excluding hydrogens is 232 g/mol. The van der Waals surface area contributed by atoms with Crippen molar-refractivity contribution in [3.05, 3.63) is 12.3 Å². The van der Waals surface area contributed by atoms with Crippen LogP contribution in [-0.2, 0) is 0 Å². The van der Waals surface area contributed by atoms with Crippen LogP contribution in [0.15, 0.2) is 12.3 Å². The maximum Gasteiger partial charge on any atom is 0.0166 e. The van der Waals surface area contributed by atoms with Crippen molar-refractivity contribution in [3.63, 3.8) is 0 Å². The lowest BCUT2D eigenvalue weighted by atomic mass is 10.1. The number of nitrogens with one attached hydrogen (secondary N) is 1. The molecule has 0 rings (SSSR count). The summed E-state index contributed by atoms with van der Waals surface area (Å²) in [5.74, 6) is 1.49. The maximum absolute atomic E-state index is 3.99. The summed E-state index contributed by atoms with van der Waals surface area (Å²) in [5.41, 5.74) is 1.19. The fraction of sp³-hybridized carbons (Fsp3) is 0.882. The van der Waals surface area contributed by atoms with Gasteiger partial charge in [0.1, 0.15) is 0 Å². The van der Waals surface area contributed by atoms with Gasteiger partial charge in [-0.15, -0.1) is 0 Å². The van der Waals surface area contributed by atoms with Gasteiger partial charge in [0.25, 0.3) is 0 Å². The van der Waals surface area contributed by atoms with Crippen LogP contribution < -0.4 is 5.32 Å². The van der Waals surface area contributed by atoms with Gasteiger partial charge in [0, 0.05) is 12.2 Å². The second kappa shape index (κ2) is 13.9. The van der Waals surface area contributed by atoms with Crippen molar-refractivity contribution in [2.75, 3.05) is 27.2 Å². The summed E-state index contributed by atoms with van der Waals surface area (Å²) in [6, 6.07) is 0. The van der Waals surface area contributed by atoms with E-state index in [1.54, 1.807) is 0 Å². The van der Waals surface area contributed by atoms with Gasteiger partial charge in [-0.1, -0.05) is 47.6 Å². The molecule has 2 heteroatoms. The maximum atomic E-state index is 3.99. The topological polar surface area (TPSA) is 15.3 Å². The zero-order valence-electron chi connectivity index (χ0n) is 14.6. The van der Waals surface area contributed by atoms with E-state index >= 15 is 0 Å². The predicted molar refractivity (Wildman–Crippen MR) is 89.5 cm³/mol. The molecule has 0 fully saturated rings. The minimum Gasteiger partial charge on any atom is -0.389 e. The van der Waals surface area contributed by atoms with Crippen LogP contribution >= 0.6 is 0 Å². The lowest BCUT2D eigenvalue weighted by Gasteiger charge is -2.12. The quantitative estimate of drug-likeness (QED) is 0.662. The van der Waals surface area contributed by atoms with Crippen molar-refractivity contribution in [2.45, 2.75) is 60.3 Å². The zero-order valence-corrected chi connectivity index (χ0v) is 14.6. The van der Waals surface area contributed by atoms with Crippen molar-refractivity contribution in [1.82, 2.24) is 10.2 Å². The van der Waals surface area contributed by atoms with E-state index in [2.05, 4.69) is 65.5 Å². The first kappa shape index (κ1) is 20.8. The lowest BCUT2D eigenvalue weighted by Crippen LogP contribution is -2.18. The molecule has 0 radical (unpaired) electrons. The highest BCUT2D eigenvalue weighted by Crippen LogP contribution is 2.07. The minimum absolute atomic E-state index is 0.709. The molecule has 0 spiro atoms. The molecule has 19 heavy (non-hydrogen) atoms. The molecule has 0 saturated carbocycles. The molecule has 116 valence electrons. The number of rotatable bonds is 9. The Labute approximate surface area is 122 Å². The van der Waals surface area contributed by atoms with Crippen molar-refractivity contribution in [2.24, 2.45) is 11.8 Å². The number of hydrogen-bond acceptors (Lipinski definition) is 2. The van der Waals surface area contributed by atoms with E-state index in [4.69, 9.17) is 0 Å². The molecule has 0 aliphatic carbocycles. The number of nitrogens with zero attached hydrogens (tertiary/aromatic N) is 1. The number of hydrogen-bond donors (Lipinski definition) is 1. The lowest BCUT2D eigenvalue weighted by molar-refractivity contribution is 0.398. The van der Waals surface area contributed by atoms with Crippen molar-refractivity contribution in [1.29, 1.82) is 0 Å². The van der Waals surface area contributed by atoms with Gasteiger partial charge in [-0.2, -0.15) is 0 Å². The van der Waals surface area contributed by atoms with E-state index in [0.717, 1.165) is 18.9 Å². The largest absolute Gasteiger partial charge is 0.389 e. The van der Waals surface area contributed by atoms with E-state index in [1.165, 1.54) is 31.5 Å². The fourth-order valence-corrected chi connectivity index (χ4v) is 1.37. The summed E-state index contributed by atoms with van der Waals surface area (Å²) in [6.07, 6.45) is 4.99. The molecule has 0 aromatic carbocycles. The van der Waals surface area contributed by atoms with Crippen LogP contribution in [0.4, 0.5) is 0 Å². The Morgan fingerprint density at radius 2 is 1.68 bits per heavy atom. The third-order valence-electron chi connectivity index (χ3n) is 2.74. The van der Waals surface area contributed by atoms with Crippen LogP contribution in [0.3, 0.4) is 0 Å². The van der Waals surface area contributed by atoms with Gasteiger partial charge in [-0.25, -0.2) is 0 Å². The molecule has 0 aromatic heterocycles. The van der Waals surface area contributed by atoms with Crippen LogP contribution in [0, 0.1) is 11.8 Å². The van der Waals surface area contributed by atoms with Gasteiger partial charge < -0.3 is 10.2 Å². The molecule has 0 unspecified atom stereocenters. The second-order valence-corrected chi connectivity index (χ2v) is 6.47. The third-order valence-corrected chi connectivity index (χ3v) is 2.74. The van der Waals surface area contributed by atoms with Crippen LogP contribution in [0.5, 0.6) is 0 Å². The van der Waals surface area contributed by atoms with Crippen LogP contribution in [0.25, 0.3) is 0 Å². The Morgan fingerprint density at radius 1 is 1.11 bits per heavy atom. The summed E-state index contributed by atoms with van der Waals surface area (Å²) in [4.78, 5) is 2.21.